The summed E-state index contributed by atoms with van der Waals surface area (Å²) in [5.41, 5.74) is 1.27. The first-order valence-corrected chi connectivity index (χ1v) is 5.86. The van der Waals surface area contributed by atoms with Crippen LogP contribution in [0.5, 0.6) is 0 Å². The summed E-state index contributed by atoms with van der Waals surface area (Å²) in [5, 5.41) is 2.82. The van der Waals surface area contributed by atoms with Gasteiger partial charge in [0.05, 0.1) is 12.8 Å². The molecule has 2 rings (SSSR count). The molecule has 0 radical (unpaired) electrons. The van der Waals surface area contributed by atoms with Gasteiger partial charge in [-0.15, -0.1) is 11.3 Å². The van der Waals surface area contributed by atoms with Crippen molar-refractivity contribution in [1.82, 2.24) is 5.32 Å². The summed E-state index contributed by atoms with van der Waals surface area (Å²) in [6, 6.07) is 5.46. The third kappa shape index (κ3) is 2.33. The van der Waals surface area contributed by atoms with Gasteiger partial charge in [-0.2, -0.15) is 0 Å². The predicted octanol–water partition coefficient (Wildman–Crippen LogP) is 2.89. The van der Waals surface area contributed by atoms with Crippen LogP contribution in [0.4, 0.5) is 0 Å². The summed E-state index contributed by atoms with van der Waals surface area (Å²) in [4.78, 5) is 14.0. The maximum Gasteiger partial charge on any atom is 0.287 e. The lowest BCUT2D eigenvalue weighted by Gasteiger charge is -1.99. The number of thiophene rings is 1. The van der Waals surface area contributed by atoms with Gasteiger partial charge in [0.2, 0.25) is 0 Å². The van der Waals surface area contributed by atoms with Crippen molar-refractivity contribution < 1.29 is 9.21 Å². The van der Waals surface area contributed by atoms with Gasteiger partial charge in [-0.25, -0.2) is 0 Å². The molecule has 0 aliphatic rings. The molecule has 0 saturated heterocycles. The van der Waals surface area contributed by atoms with E-state index in [4.69, 9.17) is 4.42 Å². The Morgan fingerprint density at radius 3 is 2.88 bits per heavy atom. The smallest absolute Gasteiger partial charge is 0.287 e. The molecule has 0 aliphatic carbocycles. The predicted molar refractivity (Wildman–Crippen MR) is 63.7 cm³/mol. The van der Waals surface area contributed by atoms with Crippen LogP contribution in [-0.2, 0) is 6.54 Å². The highest BCUT2D eigenvalue weighted by Gasteiger charge is 2.08. The second kappa shape index (κ2) is 4.53. The molecule has 0 spiro atoms. The van der Waals surface area contributed by atoms with Crippen molar-refractivity contribution >= 4 is 17.2 Å². The van der Waals surface area contributed by atoms with Crippen molar-refractivity contribution in [1.29, 1.82) is 0 Å². The molecule has 0 saturated carbocycles. The van der Waals surface area contributed by atoms with Crippen molar-refractivity contribution in [2.24, 2.45) is 0 Å². The number of hydrogen-bond acceptors (Lipinski definition) is 3. The molecule has 2 aromatic heterocycles. The van der Waals surface area contributed by atoms with Crippen molar-refractivity contribution in [3.63, 3.8) is 0 Å². The fourth-order valence-corrected chi connectivity index (χ4v) is 2.39. The molecule has 2 aromatic rings. The Kier molecular flexibility index (Phi) is 3.10. The van der Waals surface area contributed by atoms with E-state index < -0.39 is 0 Å². The summed E-state index contributed by atoms with van der Waals surface area (Å²) in [6.07, 6.45) is 1.49. The van der Waals surface area contributed by atoms with Gasteiger partial charge >= 0.3 is 0 Å². The van der Waals surface area contributed by atoms with Gasteiger partial charge in [0.1, 0.15) is 0 Å². The Morgan fingerprint density at radius 2 is 2.31 bits per heavy atom. The average Bonchev–Trinajstić information content (AvgIpc) is 2.86. The van der Waals surface area contributed by atoms with Crippen LogP contribution in [0.2, 0.25) is 0 Å². The Bertz CT molecular complexity index is 466. The van der Waals surface area contributed by atoms with Crippen LogP contribution in [-0.4, -0.2) is 5.91 Å². The molecular weight excluding hydrogens is 222 g/mol. The van der Waals surface area contributed by atoms with E-state index in [-0.39, 0.29) is 5.91 Å². The Balaban J connectivity index is 1.95. The second-order valence-corrected chi connectivity index (χ2v) is 4.95. The van der Waals surface area contributed by atoms with Gasteiger partial charge in [0, 0.05) is 9.75 Å². The molecule has 0 aromatic carbocycles. The third-order valence-electron chi connectivity index (χ3n) is 2.39. The number of aryl methyl sites for hydroxylation is 2. The van der Waals surface area contributed by atoms with Crippen molar-refractivity contribution in [3.8, 4) is 0 Å². The Hall–Kier alpha value is -1.55. The molecule has 0 fully saturated rings. The van der Waals surface area contributed by atoms with Gasteiger partial charge < -0.3 is 9.73 Å². The van der Waals surface area contributed by atoms with Crippen LogP contribution in [0.3, 0.4) is 0 Å². The average molecular weight is 235 g/mol. The highest BCUT2D eigenvalue weighted by molar-refractivity contribution is 7.12. The number of amides is 1. The normalized spacial score (nSPS) is 10.4. The highest BCUT2D eigenvalue weighted by atomic mass is 32.1. The first-order valence-electron chi connectivity index (χ1n) is 5.04. The Morgan fingerprint density at radius 1 is 1.50 bits per heavy atom. The van der Waals surface area contributed by atoms with Crippen LogP contribution in [0.1, 0.15) is 25.9 Å². The number of carbonyl (C=O) groups is 1. The zero-order valence-corrected chi connectivity index (χ0v) is 10.1. The van der Waals surface area contributed by atoms with Crippen LogP contribution in [0, 0.1) is 13.8 Å². The van der Waals surface area contributed by atoms with Crippen LogP contribution in [0.25, 0.3) is 0 Å². The molecule has 0 bridgehead atoms. The van der Waals surface area contributed by atoms with Crippen LogP contribution in [0.15, 0.2) is 28.9 Å². The summed E-state index contributed by atoms with van der Waals surface area (Å²) in [7, 11) is 0. The molecule has 84 valence electrons. The topological polar surface area (TPSA) is 42.2 Å². The largest absolute Gasteiger partial charge is 0.459 e. The molecule has 1 N–H and O–H groups in total. The Labute approximate surface area is 98.1 Å². The maximum atomic E-state index is 11.6. The molecule has 16 heavy (non-hydrogen) atoms. The van der Waals surface area contributed by atoms with Crippen molar-refractivity contribution in [2.75, 3.05) is 0 Å². The van der Waals surface area contributed by atoms with Gasteiger partial charge in [-0.3, -0.25) is 4.79 Å². The number of carbonyl (C=O) groups excluding carboxylic acids is 1. The number of furan rings is 1. The highest BCUT2D eigenvalue weighted by Crippen LogP contribution is 2.20. The molecule has 2 heterocycles. The monoisotopic (exact) mass is 235 g/mol. The van der Waals surface area contributed by atoms with E-state index in [9.17, 15) is 4.79 Å². The lowest BCUT2D eigenvalue weighted by molar-refractivity contribution is 0.0923. The first-order chi connectivity index (χ1) is 7.66. The minimum absolute atomic E-state index is 0.172. The van der Waals surface area contributed by atoms with Crippen LogP contribution >= 0.6 is 11.3 Å². The van der Waals surface area contributed by atoms with Crippen LogP contribution < -0.4 is 5.32 Å². The quantitative estimate of drug-likeness (QED) is 0.888. The lowest BCUT2D eigenvalue weighted by atomic mass is 10.3. The fourth-order valence-electron chi connectivity index (χ4n) is 1.40. The number of nitrogens with one attached hydrogen (secondary N) is 1. The van der Waals surface area contributed by atoms with Crippen molar-refractivity contribution in [3.05, 3.63) is 45.5 Å². The number of hydrogen-bond donors (Lipinski definition) is 1. The number of rotatable bonds is 3. The zero-order valence-electron chi connectivity index (χ0n) is 9.24. The summed E-state index contributed by atoms with van der Waals surface area (Å²) < 4.78 is 5.00. The van der Waals surface area contributed by atoms with E-state index in [1.54, 1.807) is 23.5 Å². The molecule has 0 aliphatic heterocycles. The minimum atomic E-state index is -0.172. The molecule has 0 atom stereocenters. The van der Waals surface area contributed by atoms with E-state index in [0.717, 1.165) is 4.88 Å². The van der Waals surface area contributed by atoms with Crippen molar-refractivity contribution in [2.45, 2.75) is 20.4 Å². The van der Waals surface area contributed by atoms with Gasteiger partial charge in [0.15, 0.2) is 5.76 Å². The van der Waals surface area contributed by atoms with E-state index >= 15 is 0 Å². The molecular formula is C12H13NO2S. The summed E-state index contributed by atoms with van der Waals surface area (Å²) in [6.45, 7) is 4.71. The SMILES string of the molecule is Cc1cc(CNC(=O)c2ccco2)sc1C. The second-order valence-electron chi connectivity index (χ2n) is 3.61. The van der Waals surface area contributed by atoms with Gasteiger partial charge in [-0.1, -0.05) is 0 Å². The summed E-state index contributed by atoms with van der Waals surface area (Å²) in [5.74, 6) is 0.179. The molecule has 0 unspecified atom stereocenters. The summed E-state index contributed by atoms with van der Waals surface area (Å²) >= 11 is 1.71. The van der Waals surface area contributed by atoms with Gasteiger partial charge in [0.25, 0.3) is 5.91 Å². The lowest BCUT2D eigenvalue weighted by Crippen LogP contribution is -2.21. The first kappa shape index (κ1) is 11.0. The molecule has 1 amide bonds. The zero-order chi connectivity index (χ0) is 11.5. The third-order valence-corrected chi connectivity index (χ3v) is 3.54. The van der Waals surface area contributed by atoms with E-state index in [1.165, 1.54) is 16.7 Å². The minimum Gasteiger partial charge on any atom is -0.459 e. The van der Waals surface area contributed by atoms with E-state index in [1.807, 2.05) is 0 Å². The molecule has 4 heteroatoms. The fraction of sp³-hybridized carbons (Fsp3) is 0.250. The van der Waals surface area contributed by atoms with E-state index in [0.29, 0.717) is 12.3 Å². The maximum absolute atomic E-state index is 11.6. The van der Waals surface area contributed by atoms with Gasteiger partial charge in [-0.05, 0) is 37.6 Å². The standard InChI is InChI=1S/C12H13NO2S/c1-8-6-10(16-9(8)2)7-13-12(14)11-4-3-5-15-11/h3-6H,7H2,1-2H3,(H,13,14). The van der Waals surface area contributed by atoms with E-state index in [2.05, 4.69) is 25.2 Å². The molecule has 3 nitrogen and oxygen atoms in total.